The molecule has 36 heavy (non-hydrogen) atoms. The molecule has 0 spiro atoms. The van der Waals surface area contributed by atoms with E-state index in [9.17, 15) is 9.59 Å². The highest BCUT2D eigenvalue weighted by Gasteiger charge is 2.18. The van der Waals surface area contributed by atoms with Crippen molar-refractivity contribution in [3.8, 4) is 23.1 Å². The summed E-state index contributed by atoms with van der Waals surface area (Å²) in [6, 6.07) is 17.1. The summed E-state index contributed by atoms with van der Waals surface area (Å²) in [5, 5.41) is 5.74. The predicted molar refractivity (Wildman–Crippen MR) is 139 cm³/mol. The van der Waals surface area contributed by atoms with E-state index in [1.165, 1.54) is 25.3 Å². The molecule has 0 amide bonds. The largest absolute Gasteiger partial charge is 0.496 e. The number of hydrogen-bond acceptors (Lipinski definition) is 7. The van der Waals surface area contributed by atoms with Crippen LogP contribution in [-0.2, 0) is 4.79 Å². The Morgan fingerprint density at radius 3 is 2.53 bits per heavy atom. The van der Waals surface area contributed by atoms with Crippen molar-refractivity contribution in [2.24, 2.45) is 5.10 Å². The minimum Gasteiger partial charge on any atom is -0.496 e. The number of rotatable bonds is 5. The molecule has 0 fully saturated rings. The van der Waals surface area contributed by atoms with Gasteiger partial charge in [0.15, 0.2) is 11.5 Å². The average molecular weight is 522 g/mol. The van der Waals surface area contributed by atoms with Gasteiger partial charge >= 0.3 is 5.97 Å². The van der Waals surface area contributed by atoms with Crippen LogP contribution < -0.4 is 15.0 Å². The summed E-state index contributed by atoms with van der Waals surface area (Å²) >= 11 is 12.5. The molecule has 0 bridgehead atoms. The molecule has 2 aromatic heterocycles. The van der Waals surface area contributed by atoms with Crippen LogP contribution in [0.4, 0.5) is 0 Å². The standard InChI is InChI=1S/C26H17Cl2N3O5/c1-14(32)35-24-18(27)10-15(11-19(24)28)13-29-31-25(30-20-7-4-3-6-16(20)26(31)33)23-12-17-21(34-2)8-5-9-22(17)36-23/h3-13H,1-2H3. The van der Waals surface area contributed by atoms with Gasteiger partial charge in [0.1, 0.15) is 11.3 Å². The normalized spacial score (nSPS) is 11.4. The molecule has 0 aliphatic heterocycles. The molecule has 0 radical (unpaired) electrons. The number of furan rings is 1. The third-order valence-electron chi connectivity index (χ3n) is 5.30. The number of nitrogens with zero attached hydrogens (tertiary/aromatic N) is 3. The Labute approximate surface area is 214 Å². The third-order valence-corrected chi connectivity index (χ3v) is 5.87. The highest BCUT2D eigenvalue weighted by Crippen LogP contribution is 2.35. The topological polar surface area (TPSA) is 95.9 Å². The van der Waals surface area contributed by atoms with Crippen molar-refractivity contribution in [2.75, 3.05) is 7.11 Å². The molecule has 0 aliphatic carbocycles. The quantitative estimate of drug-likeness (QED) is 0.161. The second kappa shape index (κ2) is 9.49. The average Bonchev–Trinajstić information content (AvgIpc) is 3.30. The molecule has 0 N–H and O–H groups in total. The highest BCUT2D eigenvalue weighted by atomic mass is 35.5. The number of hydrogen-bond donors (Lipinski definition) is 0. The number of halogens is 2. The SMILES string of the molecule is COc1cccc2oc(-c3nc4ccccc4c(=O)n3N=Cc3cc(Cl)c(OC(C)=O)c(Cl)c3)cc12. The zero-order valence-corrected chi connectivity index (χ0v) is 20.5. The Hall–Kier alpha value is -4.14. The molecular weight excluding hydrogens is 505 g/mol. The lowest BCUT2D eigenvalue weighted by molar-refractivity contribution is -0.131. The van der Waals surface area contributed by atoms with E-state index in [1.807, 2.05) is 6.07 Å². The van der Waals surface area contributed by atoms with E-state index in [1.54, 1.807) is 49.6 Å². The number of methoxy groups -OCH3 is 1. The van der Waals surface area contributed by atoms with E-state index < -0.39 is 11.5 Å². The summed E-state index contributed by atoms with van der Waals surface area (Å²) in [7, 11) is 1.57. The maximum absolute atomic E-state index is 13.4. The minimum absolute atomic E-state index is 0.0458. The zero-order chi connectivity index (χ0) is 25.4. The van der Waals surface area contributed by atoms with Gasteiger partial charge in [-0.2, -0.15) is 9.78 Å². The minimum atomic E-state index is -0.555. The number of benzene rings is 3. The maximum Gasteiger partial charge on any atom is 0.308 e. The number of fused-ring (bicyclic) bond motifs is 2. The summed E-state index contributed by atoms with van der Waals surface area (Å²) in [6.07, 6.45) is 1.40. The first-order valence-corrected chi connectivity index (χ1v) is 11.4. The van der Waals surface area contributed by atoms with Crippen molar-refractivity contribution >= 4 is 57.3 Å². The fourth-order valence-electron chi connectivity index (χ4n) is 3.73. The van der Waals surface area contributed by atoms with Crippen molar-refractivity contribution < 1.29 is 18.7 Å². The molecule has 0 saturated heterocycles. The Bertz CT molecular complexity index is 1720. The van der Waals surface area contributed by atoms with E-state index in [-0.39, 0.29) is 21.6 Å². The van der Waals surface area contributed by atoms with Crippen molar-refractivity contribution in [2.45, 2.75) is 6.92 Å². The van der Waals surface area contributed by atoms with Crippen LogP contribution in [0.15, 0.2) is 75.0 Å². The predicted octanol–water partition coefficient (Wildman–Crippen LogP) is 5.93. The number of ether oxygens (including phenoxy) is 2. The lowest BCUT2D eigenvalue weighted by Crippen LogP contribution is -2.20. The van der Waals surface area contributed by atoms with Gasteiger partial charge < -0.3 is 13.9 Å². The van der Waals surface area contributed by atoms with Crippen LogP contribution in [0, 0.1) is 0 Å². The van der Waals surface area contributed by atoms with Crippen LogP contribution in [0.25, 0.3) is 33.5 Å². The first-order valence-electron chi connectivity index (χ1n) is 10.7. The highest BCUT2D eigenvalue weighted by molar-refractivity contribution is 6.37. The monoisotopic (exact) mass is 521 g/mol. The van der Waals surface area contributed by atoms with Crippen LogP contribution in [0.5, 0.6) is 11.5 Å². The summed E-state index contributed by atoms with van der Waals surface area (Å²) < 4.78 is 17.6. The summed E-state index contributed by atoms with van der Waals surface area (Å²) in [4.78, 5) is 29.4. The van der Waals surface area contributed by atoms with Gasteiger partial charge in [-0.15, -0.1) is 0 Å². The van der Waals surface area contributed by atoms with Crippen molar-refractivity contribution in [3.05, 3.63) is 86.6 Å². The van der Waals surface area contributed by atoms with Crippen molar-refractivity contribution in [1.29, 1.82) is 0 Å². The number of carbonyl (C=O) groups is 1. The summed E-state index contributed by atoms with van der Waals surface area (Å²) in [5.41, 5.74) is 1.14. The maximum atomic E-state index is 13.4. The van der Waals surface area contributed by atoms with Gasteiger partial charge in [0.05, 0.1) is 39.7 Å². The van der Waals surface area contributed by atoms with E-state index in [2.05, 4.69) is 10.1 Å². The number of esters is 1. The van der Waals surface area contributed by atoms with Crippen LogP contribution in [-0.4, -0.2) is 29.0 Å². The molecule has 0 unspecified atom stereocenters. The lowest BCUT2D eigenvalue weighted by atomic mass is 10.2. The fraction of sp³-hybridized carbons (Fsp3) is 0.0769. The Balaban J connectivity index is 1.68. The molecular formula is C26H17Cl2N3O5. The molecule has 0 saturated carbocycles. The van der Waals surface area contributed by atoms with E-state index >= 15 is 0 Å². The summed E-state index contributed by atoms with van der Waals surface area (Å²) in [6.45, 7) is 1.25. The third kappa shape index (κ3) is 4.32. The fourth-order valence-corrected chi connectivity index (χ4v) is 4.31. The smallest absolute Gasteiger partial charge is 0.308 e. The van der Waals surface area contributed by atoms with Crippen molar-refractivity contribution in [1.82, 2.24) is 9.66 Å². The molecule has 0 atom stereocenters. The molecule has 0 aliphatic rings. The second-order valence-electron chi connectivity index (χ2n) is 7.70. The lowest BCUT2D eigenvalue weighted by Gasteiger charge is -2.09. The molecule has 10 heteroatoms. The number of para-hydroxylation sites is 1. The first-order chi connectivity index (χ1) is 17.4. The van der Waals surface area contributed by atoms with Crippen LogP contribution in [0.2, 0.25) is 10.0 Å². The molecule has 5 aromatic rings. The molecule has 8 nitrogen and oxygen atoms in total. The number of aromatic nitrogens is 2. The van der Waals surface area contributed by atoms with Crippen LogP contribution >= 0.6 is 23.2 Å². The molecule has 5 rings (SSSR count). The molecule has 2 heterocycles. The van der Waals surface area contributed by atoms with Gasteiger partial charge in [-0.1, -0.05) is 41.4 Å². The molecule has 180 valence electrons. The summed E-state index contributed by atoms with van der Waals surface area (Å²) in [5.74, 6) is 0.640. The Morgan fingerprint density at radius 2 is 1.81 bits per heavy atom. The number of carbonyl (C=O) groups excluding carboxylic acids is 1. The Morgan fingerprint density at radius 1 is 1.06 bits per heavy atom. The first kappa shape index (κ1) is 23.6. The van der Waals surface area contributed by atoms with Gasteiger partial charge in [-0.05, 0) is 48.0 Å². The van der Waals surface area contributed by atoms with E-state index in [4.69, 9.17) is 37.1 Å². The van der Waals surface area contributed by atoms with Gasteiger partial charge in [0, 0.05) is 6.92 Å². The van der Waals surface area contributed by atoms with Crippen LogP contribution in [0.1, 0.15) is 12.5 Å². The van der Waals surface area contributed by atoms with Crippen molar-refractivity contribution in [3.63, 3.8) is 0 Å². The van der Waals surface area contributed by atoms with Crippen LogP contribution in [0.3, 0.4) is 0 Å². The second-order valence-corrected chi connectivity index (χ2v) is 8.52. The van der Waals surface area contributed by atoms with Gasteiger partial charge in [0.2, 0.25) is 5.82 Å². The van der Waals surface area contributed by atoms with Gasteiger partial charge in [0.25, 0.3) is 5.56 Å². The Kier molecular flexibility index (Phi) is 6.22. The van der Waals surface area contributed by atoms with Gasteiger partial charge in [-0.25, -0.2) is 4.98 Å². The molecule has 3 aromatic carbocycles. The van der Waals surface area contributed by atoms with E-state index in [0.717, 1.165) is 10.1 Å². The zero-order valence-electron chi connectivity index (χ0n) is 19.0. The van der Waals surface area contributed by atoms with Gasteiger partial charge in [-0.3, -0.25) is 9.59 Å². The van der Waals surface area contributed by atoms with E-state index in [0.29, 0.717) is 33.6 Å².